The van der Waals surface area contributed by atoms with Crippen molar-refractivity contribution < 1.29 is 4.79 Å². The van der Waals surface area contributed by atoms with Crippen LogP contribution in [0.1, 0.15) is 5.56 Å². The van der Waals surface area contributed by atoms with Crippen LogP contribution in [0.15, 0.2) is 18.2 Å². The lowest BCUT2D eigenvalue weighted by molar-refractivity contribution is -0.117. The maximum Gasteiger partial charge on any atom is 0.238 e. The zero-order valence-corrected chi connectivity index (χ0v) is 12.1. The molecule has 2 N–H and O–H groups in total. The molecule has 1 aliphatic heterocycles. The summed E-state index contributed by atoms with van der Waals surface area (Å²) in [6, 6.07) is 7.42. The van der Waals surface area contributed by atoms with Crippen LogP contribution in [-0.4, -0.2) is 43.0 Å². The quantitative estimate of drug-likeness (QED) is 0.883. The summed E-state index contributed by atoms with van der Waals surface area (Å²) in [5.74, 6) is -0.155. The molecule has 1 heterocycles. The van der Waals surface area contributed by atoms with Gasteiger partial charge in [-0.1, -0.05) is 17.7 Å². The number of piperazine rings is 1. The van der Waals surface area contributed by atoms with E-state index in [0.29, 0.717) is 23.8 Å². The molecule has 106 valence electrons. The minimum Gasteiger partial charge on any atom is -0.324 e. The number of nitrogens with one attached hydrogen (secondary N) is 2. The molecule has 1 atom stereocenters. The first-order chi connectivity index (χ1) is 9.60. The van der Waals surface area contributed by atoms with E-state index in [1.54, 1.807) is 12.1 Å². The molecule has 1 saturated heterocycles. The number of nitriles is 1. The van der Waals surface area contributed by atoms with Crippen molar-refractivity contribution in [1.82, 2.24) is 10.2 Å². The van der Waals surface area contributed by atoms with E-state index in [9.17, 15) is 4.79 Å². The molecule has 6 heteroatoms. The fourth-order valence-electron chi connectivity index (χ4n) is 2.16. The summed E-state index contributed by atoms with van der Waals surface area (Å²) in [4.78, 5) is 13.9. The Balaban J connectivity index is 1.96. The van der Waals surface area contributed by atoms with Gasteiger partial charge in [0.15, 0.2) is 0 Å². The first-order valence-corrected chi connectivity index (χ1v) is 6.88. The molecule has 0 aromatic heterocycles. The number of rotatable bonds is 3. The van der Waals surface area contributed by atoms with Crippen molar-refractivity contribution in [2.75, 3.05) is 31.5 Å². The summed E-state index contributed by atoms with van der Waals surface area (Å²) in [7, 11) is 0. The van der Waals surface area contributed by atoms with Crippen LogP contribution in [0.5, 0.6) is 0 Å². The molecule has 1 aliphatic rings. The molecule has 0 aliphatic carbocycles. The van der Waals surface area contributed by atoms with Crippen molar-refractivity contribution in [3.63, 3.8) is 0 Å². The molecule has 5 nitrogen and oxygen atoms in total. The molecule has 1 fully saturated rings. The number of hydrogen-bond donors (Lipinski definition) is 2. The monoisotopic (exact) mass is 292 g/mol. The summed E-state index contributed by atoms with van der Waals surface area (Å²) >= 11 is 6.08. The van der Waals surface area contributed by atoms with Gasteiger partial charge >= 0.3 is 0 Å². The third-order valence-corrected chi connectivity index (χ3v) is 3.56. The summed E-state index contributed by atoms with van der Waals surface area (Å²) in [6.07, 6.45) is 0. The van der Waals surface area contributed by atoms with E-state index in [-0.39, 0.29) is 18.5 Å². The SMILES string of the molecule is Cc1ccc(NC(=O)CN2CCNCC2C#N)c(Cl)c1. The molecular weight excluding hydrogens is 276 g/mol. The van der Waals surface area contributed by atoms with E-state index in [2.05, 4.69) is 16.7 Å². The Morgan fingerprint density at radius 1 is 1.65 bits per heavy atom. The summed E-state index contributed by atoms with van der Waals surface area (Å²) in [5, 5.41) is 15.5. The van der Waals surface area contributed by atoms with Crippen LogP contribution in [0.25, 0.3) is 0 Å². The fraction of sp³-hybridized carbons (Fsp3) is 0.429. The Bertz CT molecular complexity index is 540. The molecule has 2 rings (SSSR count). The van der Waals surface area contributed by atoms with Gasteiger partial charge in [-0.05, 0) is 24.6 Å². The van der Waals surface area contributed by atoms with Gasteiger partial charge in [-0.15, -0.1) is 0 Å². The topological polar surface area (TPSA) is 68.2 Å². The normalized spacial score (nSPS) is 19.4. The zero-order valence-electron chi connectivity index (χ0n) is 11.3. The highest BCUT2D eigenvalue weighted by molar-refractivity contribution is 6.33. The van der Waals surface area contributed by atoms with Crippen molar-refractivity contribution in [1.29, 1.82) is 5.26 Å². The van der Waals surface area contributed by atoms with E-state index in [1.807, 2.05) is 17.9 Å². The predicted octanol–water partition coefficient (Wildman–Crippen LogP) is 1.38. The highest BCUT2D eigenvalue weighted by atomic mass is 35.5. The average Bonchev–Trinajstić information content (AvgIpc) is 2.42. The fourth-order valence-corrected chi connectivity index (χ4v) is 2.44. The molecule has 1 aromatic rings. The molecule has 0 radical (unpaired) electrons. The summed E-state index contributed by atoms with van der Waals surface area (Å²) < 4.78 is 0. The maximum absolute atomic E-state index is 12.0. The Morgan fingerprint density at radius 2 is 2.45 bits per heavy atom. The Labute approximate surface area is 123 Å². The van der Waals surface area contributed by atoms with E-state index in [1.165, 1.54) is 0 Å². The zero-order chi connectivity index (χ0) is 14.5. The second kappa shape index (κ2) is 6.71. The van der Waals surface area contributed by atoms with E-state index < -0.39 is 0 Å². The van der Waals surface area contributed by atoms with Gasteiger partial charge < -0.3 is 10.6 Å². The number of anilines is 1. The number of carbonyl (C=O) groups excluding carboxylic acids is 1. The lowest BCUT2D eigenvalue weighted by atomic mass is 10.2. The minimum atomic E-state index is -0.261. The van der Waals surface area contributed by atoms with Gasteiger partial charge in [-0.3, -0.25) is 9.69 Å². The van der Waals surface area contributed by atoms with Gasteiger partial charge in [0.1, 0.15) is 6.04 Å². The Hall–Kier alpha value is -1.61. The molecule has 1 aromatic carbocycles. The minimum absolute atomic E-state index is 0.155. The predicted molar refractivity (Wildman–Crippen MR) is 78.7 cm³/mol. The maximum atomic E-state index is 12.0. The number of hydrogen-bond acceptors (Lipinski definition) is 4. The van der Waals surface area contributed by atoms with Crippen molar-refractivity contribution in [2.24, 2.45) is 0 Å². The van der Waals surface area contributed by atoms with E-state index in [0.717, 1.165) is 12.1 Å². The molecule has 0 spiro atoms. The molecule has 20 heavy (non-hydrogen) atoms. The lowest BCUT2D eigenvalue weighted by Gasteiger charge is -2.31. The number of nitrogens with zero attached hydrogens (tertiary/aromatic N) is 2. The first kappa shape index (κ1) is 14.8. The average molecular weight is 293 g/mol. The van der Waals surface area contributed by atoms with Crippen molar-refractivity contribution in [3.05, 3.63) is 28.8 Å². The van der Waals surface area contributed by atoms with Gasteiger partial charge in [0.2, 0.25) is 5.91 Å². The van der Waals surface area contributed by atoms with Crippen LogP contribution in [0.3, 0.4) is 0 Å². The number of amides is 1. The highest BCUT2D eigenvalue weighted by Crippen LogP contribution is 2.22. The number of aryl methyl sites for hydroxylation is 1. The molecule has 1 amide bonds. The summed E-state index contributed by atoms with van der Waals surface area (Å²) in [6.45, 7) is 4.21. The van der Waals surface area contributed by atoms with Gasteiger partial charge in [-0.2, -0.15) is 5.26 Å². The van der Waals surface area contributed by atoms with Crippen LogP contribution < -0.4 is 10.6 Å². The highest BCUT2D eigenvalue weighted by Gasteiger charge is 2.23. The Morgan fingerprint density at radius 3 is 3.15 bits per heavy atom. The third kappa shape index (κ3) is 3.70. The number of benzene rings is 1. The second-order valence-corrected chi connectivity index (χ2v) is 5.26. The lowest BCUT2D eigenvalue weighted by Crippen LogP contribution is -2.52. The van der Waals surface area contributed by atoms with Crippen molar-refractivity contribution in [2.45, 2.75) is 13.0 Å². The van der Waals surface area contributed by atoms with Crippen LogP contribution in [0.4, 0.5) is 5.69 Å². The number of carbonyl (C=O) groups is 1. The van der Waals surface area contributed by atoms with Gasteiger partial charge in [0.25, 0.3) is 0 Å². The molecule has 0 bridgehead atoms. The van der Waals surface area contributed by atoms with Gasteiger partial charge in [-0.25, -0.2) is 0 Å². The summed E-state index contributed by atoms with van der Waals surface area (Å²) in [5.41, 5.74) is 1.64. The third-order valence-electron chi connectivity index (χ3n) is 3.25. The first-order valence-electron chi connectivity index (χ1n) is 6.50. The van der Waals surface area contributed by atoms with Crippen LogP contribution in [-0.2, 0) is 4.79 Å². The standard InChI is InChI=1S/C14H17ClN4O/c1-10-2-3-13(12(15)6-10)18-14(20)9-19-5-4-17-8-11(19)7-16/h2-3,6,11,17H,4-5,8-9H2,1H3,(H,18,20). The molecular formula is C14H17ClN4O. The van der Waals surface area contributed by atoms with Gasteiger partial charge in [0, 0.05) is 19.6 Å². The Kier molecular flexibility index (Phi) is 4.96. The second-order valence-electron chi connectivity index (χ2n) is 4.85. The van der Waals surface area contributed by atoms with Crippen LogP contribution >= 0.6 is 11.6 Å². The smallest absolute Gasteiger partial charge is 0.238 e. The van der Waals surface area contributed by atoms with E-state index in [4.69, 9.17) is 16.9 Å². The van der Waals surface area contributed by atoms with E-state index >= 15 is 0 Å². The van der Waals surface area contributed by atoms with Crippen molar-refractivity contribution in [3.8, 4) is 6.07 Å². The number of halogens is 1. The molecule has 1 unspecified atom stereocenters. The largest absolute Gasteiger partial charge is 0.324 e. The molecule has 0 saturated carbocycles. The van der Waals surface area contributed by atoms with Crippen LogP contribution in [0.2, 0.25) is 5.02 Å². The van der Waals surface area contributed by atoms with Gasteiger partial charge in [0.05, 0.1) is 23.3 Å². The van der Waals surface area contributed by atoms with Crippen molar-refractivity contribution >= 4 is 23.2 Å². The van der Waals surface area contributed by atoms with Crippen LogP contribution in [0, 0.1) is 18.3 Å².